The standard InChI is InChI=1S/C15H22N2O5S2/c1-2-3-8-16-24(21,22)14-6-4-5-12(10-14)15(18)17-13-7-9-23(19,20)11-13/h4-6,10,13,16H,2-3,7-9,11H2,1H3,(H,17,18). The van der Waals surface area contributed by atoms with Gasteiger partial charge >= 0.3 is 0 Å². The first kappa shape index (κ1) is 18.9. The summed E-state index contributed by atoms with van der Waals surface area (Å²) in [5.41, 5.74) is 0.192. The molecule has 0 saturated carbocycles. The van der Waals surface area contributed by atoms with Gasteiger partial charge in [0.05, 0.1) is 16.4 Å². The highest BCUT2D eigenvalue weighted by Crippen LogP contribution is 2.14. The van der Waals surface area contributed by atoms with Crippen LogP contribution < -0.4 is 10.0 Å². The Morgan fingerprint density at radius 2 is 2.08 bits per heavy atom. The molecule has 0 aromatic heterocycles. The van der Waals surface area contributed by atoms with Crippen LogP contribution in [0.25, 0.3) is 0 Å². The van der Waals surface area contributed by atoms with Gasteiger partial charge in [-0.05, 0) is 31.0 Å². The molecule has 2 rings (SSSR count). The number of carbonyl (C=O) groups excluding carboxylic acids is 1. The Bertz CT molecular complexity index is 803. The predicted octanol–water partition coefficient (Wildman–Crippen LogP) is 0.682. The fourth-order valence-corrected chi connectivity index (χ4v) is 5.24. The van der Waals surface area contributed by atoms with Crippen molar-refractivity contribution in [2.24, 2.45) is 0 Å². The topological polar surface area (TPSA) is 109 Å². The number of sulfone groups is 1. The summed E-state index contributed by atoms with van der Waals surface area (Å²) in [6.07, 6.45) is 1.98. The molecule has 1 saturated heterocycles. The van der Waals surface area contributed by atoms with E-state index >= 15 is 0 Å². The Hall–Kier alpha value is -1.45. The summed E-state index contributed by atoms with van der Waals surface area (Å²) in [5, 5.41) is 2.65. The maximum absolute atomic E-state index is 12.2. The summed E-state index contributed by atoms with van der Waals surface area (Å²) < 4.78 is 49.7. The summed E-state index contributed by atoms with van der Waals surface area (Å²) in [7, 11) is -6.75. The van der Waals surface area contributed by atoms with Crippen molar-refractivity contribution in [1.82, 2.24) is 10.0 Å². The van der Waals surface area contributed by atoms with Gasteiger partial charge in [0.15, 0.2) is 9.84 Å². The van der Waals surface area contributed by atoms with Crippen LogP contribution in [0.2, 0.25) is 0 Å². The van der Waals surface area contributed by atoms with Gasteiger partial charge in [-0.1, -0.05) is 19.4 Å². The van der Waals surface area contributed by atoms with Gasteiger partial charge in [0.2, 0.25) is 10.0 Å². The first-order chi connectivity index (χ1) is 11.2. The molecule has 1 fully saturated rings. The number of rotatable bonds is 7. The van der Waals surface area contributed by atoms with E-state index in [-0.39, 0.29) is 22.0 Å². The number of nitrogens with one attached hydrogen (secondary N) is 2. The van der Waals surface area contributed by atoms with Crippen LogP contribution in [0.1, 0.15) is 36.5 Å². The average molecular weight is 374 g/mol. The zero-order valence-electron chi connectivity index (χ0n) is 13.5. The van der Waals surface area contributed by atoms with Crippen LogP contribution in [0, 0.1) is 0 Å². The van der Waals surface area contributed by atoms with Crippen molar-refractivity contribution in [1.29, 1.82) is 0 Å². The van der Waals surface area contributed by atoms with E-state index in [9.17, 15) is 21.6 Å². The molecule has 24 heavy (non-hydrogen) atoms. The number of benzene rings is 1. The number of amides is 1. The highest BCUT2D eigenvalue weighted by atomic mass is 32.2. The molecular formula is C15H22N2O5S2. The number of carbonyl (C=O) groups is 1. The van der Waals surface area contributed by atoms with E-state index in [0.717, 1.165) is 12.8 Å². The van der Waals surface area contributed by atoms with Crippen molar-refractivity contribution >= 4 is 25.8 Å². The highest BCUT2D eigenvalue weighted by Gasteiger charge is 2.29. The number of unbranched alkanes of at least 4 members (excludes halogenated alkanes) is 1. The van der Waals surface area contributed by atoms with Gasteiger partial charge < -0.3 is 5.32 Å². The number of hydrogen-bond acceptors (Lipinski definition) is 5. The molecule has 1 heterocycles. The third kappa shape index (κ3) is 5.02. The lowest BCUT2D eigenvalue weighted by Crippen LogP contribution is -2.35. The summed E-state index contributed by atoms with van der Waals surface area (Å²) in [6, 6.07) is 5.29. The van der Waals surface area contributed by atoms with Crippen LogP contribution in [0.15, 0.2) is 29.2 Å². The van der Waals surface area contributed by atoms with Crippen molar-refractivity contribution < 1.29 is 21.6 Å². The smallest absolute Gasteiger partial charge is 0.251 e. The lowest BCUT2D eigenvalue weighted by atomic mass is 10.2. The minimum absolute atomic E-state index is 0.0188. The second-order valence-corrected chi connectivity index (χ2v) is 9.85. The lowest BCUT2D eigenvalue weighted by molar-refractivity contribution is 0.0941. The van der Waals surface area contributed by atoms with Gasteiger partial charge in [0.25, 0.3) is 5.91 Å². The predicted molar refractivity (Wildman–Crippen MR) is 91.1 cm³/mol. The van der Waals surface area contributed by atoms with E-state index in [1.54, 1.807) is 0 Å². The molecule has 0 aliphatic carbocycles. The molecular weight excluding hydrogens is 352 g/mol. The number of hydrogen-bond donors (Lipinski definition) is 2. The summed E-state index contributed by atoms with van der Waals surface area (Å²) in [5.74, 6) is -0.481. The first-order valence-electron chi connectivity index (χ1n) is 7.84. The van der Waals surface area contributed by atoms with Crippen molar-refractivity contribution in [2.45, 2.75) is 37.1 Å². The van der Waals surface area contributed by atoms with Crippen LogP contribution in [0.3, 0.4) is 0 Å². The Balaban J connectivity index is 2.08. The Morgan fingerprint density at radius 1 is 1.33 bits per heavy atom. The maximum Gasteiger partial charge on any atom is 0.251 e. The molecule has 1 aromatic carbocycles. The second-order valence-electron chi connectivity index (χ2n) is 5.85. The zero-order valence-corrected chi connectivity index (χ0v) is 15.1. The molecule has 1 aliphatic heterocycles. The quantitative estimate of drug-likeness (QED) is 0.682. The van der Waals surface area contributed by atoms with Gasteiger partial charge in [-0.2, -0.15) is 0 Å². The molecule has 2 N–H and O–H groups in total. The molecule has 1 aromatic rings. The molecule has 1 unspecified atom stereocenters. The van der Waals surface area contributed by atoms with Crippen molar-refractivity contribution in [2.75, 3.05) is 18.1 Å². The molecule has 1 aliphatic rings. The zero-order chi connectivity index (χ0) is 17.8. The summed E-state index contributed by atoms with van der Waals surface area (Å²) >= 11 is 0. The minimum atomic E-state index is -3.66. The van der Waals surface area contributed by atoms with Crippen LogP contribution in [-0.2, 0) is 19.9 Å². The van der Waals surface area contributed by atoms with E-state index in [0.29, 0.717) is 13.0 Å². The van der Waals surface area contributed by atoms with E-state index in [1.807, 2.05) is 6.92 Å². The fraction of sp³-hybridized carbons (Fsp3) is 0.533. The van der Waals surface area contributed by atoms with Crippen molar-refractivity contribution in [3.05, 3.63) is 29.8 Å². The van der Waals surface area contributed by atoms with Crippen LogP contribution in [0.4, 0.5) is 0 Å². The van der Waals surface area contributed by atoms with Crippen molar-refractivity contribution in [3.8, 4) is 0 Å². The third-order valence-corrected chi connectivity index (χ3v) is 7.02. The Labute approximate surface area is 142 Å². The second kappa shape index (κ2) is 7.62. The lowest BCUT2D eigenvalue weighted by Gasteiger charge is -2.12. The third-order valence-electron chi connectivity index (χ3n) is 3.80. The number of sulfonamides is 1. The first-order valence-corrected chi connectivity index (χ1v) is 11.1. The fourth-order valence-electron chi connectivity index (χ4n) is 2.45. The van der Waals surface area contributed by atoms with Crippen LogP contribution in [0.5, 0.6) is 0 Å². The summed E-state index contributed by atoms with van der Waals surface area (Å²) in [6.45, 7) is 2.30. The minimum Gasteiger partial charge on any atom is -0.348 e. The van der Waals surface area contributed by atoms with Gasteiger partial charge in [-0.3, -0.25) is 4.79 Å². The maximum atomic E-state index is 12.2. The van der Waals surface area contributed by atoms with Gasteiger partial charge in [0, 0.05) is 18.2 Å². The van der Waals surface area contributed by atoms with Crippen molar-refractivity contribution in [3.63, 3.8) is 0 Å². The molecule has 1 amide bonds. The van der Waals surface area contributed by atoms with Gasteiger partial charge in [-0.15, -0.1) is 0 Å². The monoisotopic (exact) mass is 374 g/mol. The molecule has 1 atom stereocenters. The van der Waals surface area contributed by atoms with Gasteiger partial charge in [-0.25, -0.2) is 21.6 Å². The van der Waals surface area contributed by atoms with Crippen LogP contribution in [-0.4, -0.2) is 46.8 Å². The molecule has 0 spiro atoms. The highest BCUT2D eigenvalue weighted by molar-refractivity contribution is 7.91. The summed E-state index contributed by atoms with van der Waals surface area (Å²) in [4.78, 5) is 12.2. The molecule has 7 nitrogen and oxygen atoms in total. The normalized spacial score (nSPS) is 20.0. The van der Waals surface area contributed by atoms with E-state index in [4.69, 9.17) is 0 Å². The van der Waals surface area contributed by atoms with Gasteiger partial charge in [0.1, 0.15) is 0 Å². The SMILES string of the molecule is CCCCNS(=O)(=O)c1cccc(C(=O)NC2CCS(=O)(=O)C2)c1. The van der Waals surface area contributed by atoms with E-state index in [2.05, 4.69) is 10.0 Å². The Morgan fingerprint density at radius 3 is 2.71 bits per heavy atom. The molecule has 134 valence electrons. The molecule has 9 heteroatoms. The molecule has 0 bridgehead atoms. The largest absolute Gasteiger partial charge is 0.348 e. The van der Waals surface area contributed by atoms with Crippen LogP contribution >= 0.6 is 0 Å². The average Bonchev–Trinajstić information content (AvgIpc) is 2.86. The van der Waals surface area contributed by atoms with E-state index < -0.39 is 31.8 Å². The molecule has 0 radical (unpaired) electrons. The van der Waals surface area contributed by atoms with E-state index in [1.165, 1.54) is 24.3 Å². The Kier molecular flexibility index (Phi) is 6.00.